The second-order valence-electron chi connectivity index (χ2n) is 9.59. The molecule has 0 unspecified atom stereocenters. The molecular weight excluding hydrogens is 490 g/mol. The van der Waals surface area contributed by atoms with E-state index < -0.39 is 45.7 Å². The van der Waals surface area contributed by atoms with Crippen LogP contribution in [0.2, 0.25) is 5.02 Å². The van der Waals surface area contributed by atoms with E-state index in [1.54, 1.807) is 0 Å². The van der Waals surface area contributed by atoms with Crippen LogP contribution in [-0.4, -0.2) is 74.0 Å². The summed E-state index contributed by atoms with van der Waals surface area (Å²) in [6.45, 7) is 2.88. The first-order chi connectivity index (χ1) is 16.0. The number of carbonyl (C=O) groups excluding carboxylic acids is 2. The van der Waals surface area contributed by atoms with Gasteiger partial charge in [0, 0.05) is 31.7 Å². The van der Waals surface area contributed by atoms with Crippen LogP contribution >= 0.6 is 11.6 Å². The third-order valence-corrected chi connectivity index (χ3v) is 8.33. The summed E-state index contributed by atoms with van der Waals surface area (Å²) >= 11 is 5.68. The molecule has 34 heavy (non-hydrogen) atoms. The highest BCUT2D eigenvalue weighted by Crippen LogP contribution is 2.42. The maximum atomic E-state index is 14.6. The number of amides is 2. The zero-order valence-electron chi connectivity index (χ0n) is 19.1. The molecule has 1 aliphatic carbocycles. The maximum Gasteiger partial charge on any atom is 0.243 e. The normalized spacial score (nSPS) is 27.0. The number of hydrogen-bond donors (Lipinski definition) is 2. The topological polar surface area (TPSA) is 98.8 Å². The first-order valence-electron chi connectivity index (χ1n) is 11.4. The van der Waals surface area contributed by atoms with Crippen LogP contribution in [0.1, 0.15) is 37.8 Å². The molecule has 4 rings (SSSR count). The molecule has 0 bridgehead atoms. The van der Waals surface area contributed by atoms with Gasteiger partial charge in [0.2, 0.25) is 21.8 Å². The summed E-state index contributed by atoms with van der Waals surface area (Å²) in [7, 11) is -3.45. The highest BCUT2D eigenvalue weighted by atomic mass is 35.5. The predicted molar refractivity (Wildman–Crippen MR) is 122 cm³/mol. The van der Waals surface area contributed by atoms with Crippen LogP contribution in [0.5, 0.6) is 0 Å². The molecule has 4 atom stereocenters. The molecular formula is C22H29ClF2N4O4S. The van der Waals surface area contributed by atoms with Gasteiger partial charge in [-0.2, -0.15) is 4.31 Å². The van der Waals surface area contributed by atoms with Crippen LogP contribution in [0.4, 0.5) is 8.78 Å². The van der Waals surface area contributed by atoms with Crippen molar-refractivity contribution in [1.82, 2.24) is 19.8 Å². The van der Waals surface area contributed by atoms with E-state index in [4.69, 9.17) is 11.6 Å². The van der Waals surface area contributed by atoms with Crippen LogP contribution in [0.15, 0.2) is 12.1 Å². The van der Waals surface area contributed by atoms with Crippen LogP contribution < -0.4 is 10.6 Å². The van der Waals surface area contributed by atoms with Crippen molar-refractivity contribution in [3.05, 3.63) is 34.4 Å². The summed E-state index contributed by atoms with van der Waals surface area (Å²) in [5.41, 5.74) is 0.0411. The van der Waals surface area contributed by atoms with Gasteiger partial charge in [-0.05, 0) is 43.2 Å². The van der Waals surface area contributed by atoms with E-state index in [1.807, 2.05) is 6.92 Å². The Morgan fingerprint density at radius 2 is 1.91 bits per heavy atom. The number of nitrogens with zero attached hydrogens (tertiary/aromatic N) is 2. The van der Waals surface area contributed by atoms with Crippen LogP contribution in [0.25, 0.3) is 0 Å². The molecule has 2 amide bonds. The zero-order valence-corrected chi connectivity index (χ0v) is 20.6. The zero-order chi connectivity index (χ0) is 24.8. The second kappa shape index (κ2) is 9.67. The number of rotatable bonds is 6. The molecule has 1 aromatic rings. The van der Waals surface area contributed by atoms with Crippen molar-refractivity contribution >= 4 is 33.4 Å². The van der Waals surface area contributed by atoms with Gasteiger partial charge in [0.15, 0.2) is 0 Å². The van der Waals surface area contributed by atoms with Gasteiger partial charge in [-0.3, -0.25) is 9.59 Å². The van der Waals surface area contributed by atoms with E-state index in [1.165, 1.54) is 9.21 Å². The minimum absolute atomic E-state index is 0.00313. The molecule has 2 aliphatic heterocycles. The van der Waals surface area contributed by atoms with E-state index in [9.17, 15) is 26.8 Å². The second-order valence-corrected chi connectivity index (χ2v) is 12.0. The lowest BCUT2D eigenvalue weighted by Crippen LogP contribution is -2.60. The molecule has 1 aromatic carbocycles. The first-order valence-corrected chi connectivity index (χ1v) is 13.6. The standard InChI is InChI=1S/C22H29ClF2N4O4S/c1-12-7-19(29(10-12)22(31)18-11-28(6-5-26-18)34(2,32)33)21(30)27-20(13-3-4-13)14-8-17(25)15(23)9-16(14)24/h8-9,12-13,18-20,26H,3-7,10-11H2,1-2H3,(H,27,30)/t12-,18+,19-,20-/m1/s1. The van der Waals surface area contributed by atoms with Crippen molar-refractivity contribution < 1.29 is 26.8 Å². The third-order valence-electron chi connectivity index (χ3n) is 6.77. The lowest BCUT2D eigenvalue weighted by atomic mass is 10.00. The van der Waals surface area contributed by atoms with Crippen molar-refractivity contribution in [3.63, 3.8) is 0 Å². The highest BCUT2D eigenvalue weighted by molar-refractivity contribution is 7.88. The minimum Gasteiger partial charge on any atom is -0.347 e. The van der Waals surface area contributed by atoms with Gasteiger partial charge in [-0.25, -0.2) is 17.2 Å². The van der Waals surface area contributed by atoms with Gasteiger partial charge in [0.05, 0.1) is 17.3 Å². The number of piperazine rings is 1. The van der Waals surface area contributed by atoms with Gasteiger partial charge in [0.1, 0.15) is 23.7 Å². The smallest absolute Gasteiger partial charge is 0.243 e. The molecule has 2 N–H and O–H groups in total. The SMILES string of the molecule is C[C@@H]1C[C@H](C(=O)N[C@@H](c2cc(F)c(Cl)cc2F)C2CC2)N(C(=O)[C@@H]2CN(S(C)(=O)=O)CCN2)C1. The van der Waals surface area contributed by atoms with E-state index in [0.29, 0.717) is 19.5 Å². The Kier molecular flexibility index (Phi) is 7.19. The molecule has 0 radical (unpaired) electrons. The van der Waals surface area contributed by atoms with E-state index in [2.05, 4.69) is 10.6 Å². The maximum absolute atomic E-state index is 14.6. The molecule has 2 heterocycles. The quantitative estimate of drug-likeness (QED) is 0.558. The molecule has 0 spiro atoms. The largest absolute Gasteiger partial charge is 0.347 e. The average Bonchev–Trinajstić information content (AvgIpc) is 3.54. The predicted octanol–water partition coefficient (Wildman–Crippen LogP) is 1.66. The fourth-order valence-corrected chi connectivity index (χ4v) is 5.83. The van der Waals surface area contributed by atoms with Crippen LogP contribution in [-0.2, 0) is 19.6 Å². The number of nitrogens with one attached hydrogen (secondary N) is 2. The fourth-order valence-electron chi connectivity index (χ4n) is 4.83. The third kappa shape index (κ3) is 5.37. The van der Waals surface area contributed by atoms with Gasteiger partial charge in [0.25, 0.3) is 0 Å². The Balaban J connectivity index is 1.51. The number of benzene rings is 1. The van der Waals surface area contributed by atoms with Crippen molar-refractivity contribution in [2.24, 2.45) is 11.8 Å². The summed E-state index contributed by atoms with van der Waals surface area (Å²) in [6, 6.07) is -0.331. The first kappa shape index (κ1) is 25.3. The Bertz CT molecular complexity index is 1080. The van der Waals surface area contributed by atoms with E-state index in [0.717, 1.165) is 31.2 Å². The summed E-state index contributed by atoms with van der Waals surface area (Å²) in [4.78, 5) is 28.1. The van der Waals surface area contributed by atoms with Gasteiger partial charge < -0.3 is 15.5 Å². The van der Waals surface area contributed by atoms with Crippen molar-refractivity contribution in [3.8, 4) is 0 Å². The fraction of sp³-hybridized carbons (Fsp3) is 0.636. The van der Waals surface area contributed by atoms with Crippen molar-refractivity contribution in [2.75, 3.05) is 32.4 Å². The lowest BCUT2D eigenvalue weighted by Gasteiger charge is -2.35. The molecule has 0 aromatic heterocycles. The molecule has 3 fully saturated rings. The number of hydrogen-bond acceptors (Lipinski definition) is 5. The molecule has 2 saturated heterocycles. The summed E-state index contributed by atoms with van der Waals surface area (Å²) in [5, 5.41) is 5.58. The number of carbonyl (C=O) groups is 2. The van der Waals surface area contributed by atoms with Crippen molar-refractivity contribution in [2.45, 2.75) is 44.3 Å². The van der Waals surface area contributed by atoms with Crippen LogP contribution in [0, 0.1) is 23.5 Å². The van der Waals surface area contributed by atoms with Crippen LogP contribution in [0.3, 0.4) is 0 Å². The van der Waals surface area contributed by atoms with Gasteiger partial charge in [-0.1, -0.05) is 18.5 Å². The summed E-state index contributed by atoms with van der Waals surface area (Å²) < 4.78 is 53.8. The Morgan fingerprint density at radius 3 is 2.56 bits per heavy atom. The highest BCUT2D eigenvalue weighted by Gasteiger charge is 2.44. The Morgan fingerprint density at radius 1 is 1.21 bits per heavy atom. The number of likely N-dealkylation sites (tertiary alicyclic amines) is 1. The average molecular weight is 519 g/mol. The summed E-state index contributed by atoms with van der Waals surface area (Å²) in [5.74, 6) is -2.19. The Hall–Kier alpha value is -1.82. The number of halogens is 3. The molecule has 1 saturated carbocycles. The molecule has 12 heteroatoms. The minimum atomic E-state index is -3.45. The van der Waals surface area contributed by atoms with E-state index >= 15 is 0 Å². The molecule has 3 aliphatic rings. The molecule has 188 valence electrons. The summed E-state index contributed by atoms with van der Waals surface area (Å²) in [6.07, 6.45) is 3.07. The van der Waals surface area contributed by atoms with Gasteiger partial charge >= 0.3 is 0 Å². The van der Waals surface area contributed by atoms with Gasteiger partial charge in [-0.15, -0.1) is 0 Å². The van der Waals surface area contributed by atoms with E-state index in [-0.39, 0.29) is 41.4 Å². The lowest BCUT2D eigenvalue weighted by molar-refractivity contribution is -0.140. The van der Waals surface area contributed by atoms with Crippen molar-refractivity contribution in [1.29, 1.82) is 0 Å². The Labute approximate surface area is 203 Å². The number of sulfonamides is 1. The monoisotopic (exact) mass is 518 g/mol. The molecule has 8 nitrogen and oxygen atoms in total.